The Labute approximate surface area is 221 Å². The van der Waals surface area contributed by atoms with Crippen LogP contribution in [-0.4, -0.2) is 61.8 Å². The van der Waals surface area contributed by atoms with Crippen LogP contribution in [0.1, 0.15) is 35.2 Å². The summed E-state index contributed by atoms with van der Waals surface area (Å²) in [5, 5.41) is 7.28. The van der Waals surface area contributed by atoms with Crippen molar-refractivity contribution in [1.82, 2.24) is 10.2 Å². The Kier molecular flexibility index (Phi) is 8.00. The number of ether oxygens (including phenoxy) is 2. The van der Waals surface area contributed by atoms with Crippen molar-refractivity contribution in [1.29, 1.82) is 0 Å². The van der Waals surface area contributed by atoms with E-state index in [9.17, 15) is 23.6 Å². The van der Waals surface area contributed by atoms with E-state index in [0.29, 0.717) is 12.1 Å². The van der Waals surface area contributed by atoms with Gasteiger partial charge in [0.05, 0.1) is 36.6 Å². The highest BCUT2D eigenvalue weighted by Crippen LogP contribution is 2.45. The van der Waals surface area contributed by atoms with Crippen molar-refractivity contribution in [3.8, 4) is 0 Å². The molecule has 2 heterocycles. The molecule has 0 unspecified atom stereocenters. The fourth-order valence-corrected chi connectivity index (χ4v) is 4.82. The zero-order valence-corrected chi connectivity index (χ0v) is 21.1. The third kappa shape index (κ3) is 5.49. The number of carbonyl (C=O) groups is 4. The lowest BCUT2D eigenvalue weighted by Crippen LogP contribution is -2.57. The van der Waals surface area contributed by atoms with E-state index >= 15 is 4.39 Å². The molecule has 2 aliphatic rings. The minimum absolute atomic E-state index is 0.0360. The number of hydrogen-bond acceptors (Lipinski definition) is 6. The Morgan fingerprint density at radius 1 is 1.24 bits per heavy atom. The maximum atomic E-state index is 15.1. The number of rotatable bonds is 6. The fraction of sp³-hybridized carbons (Fsp3) is 0.360. The van der Waals surface area contributed by atoms with Crippen LogP contribution in [0.15, 0.2) is 36.4 Å². The maximum absolute atomic E-state index is 15.1. The van der Waals surface area contributed by atoms with Gasteiger partial charge in [-0.1, -0.05) is 11.6 Å². The molecule has 1 spiro atoms. The molecule has 38 heavy (non-hydrogen) atoms. The lowest BCUT2D eigenvalue weighted by molar-refractivity contribution is -0.141. The first-order chi connectivity index (χ1) is 18.2. The number of fused-ring (bicyclic) bond motifs is 2. The van der Waals surface area contributed by atoms with E-state index in [-0.39, 0.29) is 47.8 Å². The Morgan fingerprint density at radius 2 is 1.97 bits per heavy atom. The second-order valence-electron chi connectivity index (χ2n) is 8.85. The van der Waals surface area contributed by atoms with E-state index in [1.807, 2.05) is 0 Å². The van der Waals surface area contributed by atoms with Gasteiger partial charge in [0.2, 0.25) is 5.91 Å². The molecule has 0 radical (unpaired) electrons. The second-order valence-corrected chi connectivity index (χ2v) is 9.26. The van der Waals surface area contributed by atoms with Gasteiger partial charge in [0, 0.05) is 24.2 Å². The highest BCUT2D eigenvalue weighted by molar-refractivity contribution is 6.31. The van der Waals surface area contributed by atoms with Gasteiger partial charge in [-0.05, 0) is 49.2 Å². The normalized spacial score (nSPS) is 19.1. The lowest BCUT2D eigenvalue weighted by Gasteiger charge is -2.45. The second kappa shape index (κ2) is 11.2. The minimum atomic E-state index is -1.49. The summed E-state index contributed by atoms with van der Waals surface area (Å²) in [5.41, 5.74) is -0.713. The molecule has 2 aliphatic heterocycles. The van der Waals surface area contributed by atoms with Crippen molar-refractivity contribution in [2.24, 2.45) is 0 Å². The highest BCUT2D eigenvalue weighted by Gasteiger charge is 2.49. The number of amides is 4. The molecule has 0 saturated carbocycles. The van der Waals surface area contributed by atoms with Crippen molar-refractivity contribution < 1.29 is 37.4 Å². The van der Waals surface area contributed by atoms with Crippen LogP contribution >= 0.6 is 11.6 Å². The number of benzene rings is 2. The van der Waals surface area contributed by atoms with Gasteiger partial charge in [-0.15, -0.1) is 0 Å². The first kappa shape index (κ1) is 27.1. The molecule has 13 heteroatoms. The summed E-state index contributed by atoms with van der Waals surface area (Å²) in [6.07, 6.45) is -1.18. The first-order valence-corrected chi connectivity index (χ1v) is 12.1. The van der Waals surface area contributed by atoms with Crippen LogP contribution in [0.25, 0.3) is 0 Å². The van der Waals surface area contributed by atoms with Crippen LogP contribution in [0.5, 0.6) is 0 Å². The third-order valence-corrected chi connectivity index (χ3v) is 6.71. The van der Waals surface area contributed by atoms with Gasteiger partial charge in [0.25, 0.3) is 5.91 Å². The Balaban J connectivity index is 1.52. The Morgan fingerprint density at radius 3 is 2.66 bits per heavy atom. The van der Waals surface area contributed by atoms with Crippen molar-refractivity contribution >= 4 is 47.0 Å². The van der Waals surface area contributed by atoms with Crippen molar-refractivity contribution in [3.05, 3.63) is 58.4 Å². The molecule has 0 bridgehead atoms. The average molecular weight is 551 g/mol. The number of nitrogens with one attached hydrogen (secondary N) is 3. The molecular formula is C25H25ClF2N4O6. The van der Waals surface area contributed by atoms with Gasteiger partial charge in [0.1, 0.15) is 6.04 Å². The van der Waals surface area contributed by atoms with Crippen molar-refractivity contribution in [2.45, 2.75) is 30.9 Å². The van der Waals surface area contributed by atoms with Gasteiger partial charge in [-0.2, -0.15) is 0 Å². The molecule has 4 rings (SSSR count). The summed E-state index contributed by atoms with van der Waals surface area (Å²) in [6.45, 7) is -0.852. The number of nitrogens with zero attached hydrogens (tertiary/aromatic N) is 1. The van der Waals surface area contributed by atoms with E-state index in [1.54, 1.807) is 0 Å². The van der Waals surface area contributed by atoms with E-state index in [0.717, 1.165) is 0 Å². The molecule has 2 aromatic rings. The number of halogens is 3. The van der Waals surface area contributed by atoms with Crippen LogP contribution in [0.3, 0.4) is 0 Å². The summed E-state index contributed by atoms with van der Waals surface area (Å²) in [7, 11) is 1.21. The van der Waals surface area contributed by atoms with Gasteiger partial charge >= 0.3 is 12.2 Å². The van der Waals surface area contributed by atoms with Gasteiger partial charge in [0.15, 0.2) is 11.4 Å². The summed E-state index contributed by atoms with van der Waals surface area (Å²) < 4.78 is 38.6. The van der Waals surface area contributed by atoms with Crippen LogP contribution in [0.2, 0.25) is 5.02 Å². The molecule has 4 amide bonds. The van der Waals surface area contributed by atoms with Crippen LogP contribution in [0, 0.1) is 5.82 Å². The number of carbonyl (C=O) groups excluding carboxylic acids is 4. The Hall–Kier alpha value is -3.93. The average Bonchev–Trinajstić information content (AvgIpc) is 2.90. The number of piperidine rings is 1. The van der Waals surface area contributed by atoms with E-state index < -0.39 is 48.1 Å². The molecule has 1 fully saturated rings. The molecule has 3 N–H and O–H groups in total. The zero-order valence-electron chi connectivity index (χ0n) is 20.3. The number of hydrogen-bond donors (Lipinski definition) is 3. The summed E-state index contributed by atoms with van der Waals surface area (Å²) in [6, 6.07) is 7.32. The SMILES string of the molecule is COC(=O)Nc1ccc(C(=O)N[C@@H](CCF)C(=O)N2CCC[C@@]3(C2)OC(=O)Nc2ccc(Cl)c(F)c23)cc1. The van der Waals surface area contributed by atoms with Gasteiger partial charge < -0.3 is 19.7 Å². The van der Waals surface area contributed by atoms with Crippen molar-refractivity contribution in [2.75, 3.05) is 37.5 Å². The largest absolute Gasteiger partial charge is 0.453 e. The molecule has 202 valence electrons. The maximum Gasteiger partial charge on any atom is 0.412 e. The molecular weight excluding hydrogens is 526 g/mol. The molecule has 0 aromatic heterocycles. The standard InChI is InChI=1S/C25H25ClF2N4O6/c1-37-23(35)29-15-5-3-14(4-6-15)21(33)30-18(9-11-27)22(34)32-12-2-10-25(13-32)19-17(31-24(36)38-25)8-7-16(26)20(19)28/h3-8,18H,2,9-13H2,1H3,(H,29,35)(H,30,33)(H,31,36)/t18-,25-/m0/s1. The monoisotopic (exact) mass is 550 g/mol. The number of anilines is 2. The third-order valence-electron chi connectivity index (χ3n) is 6.42. The lowest BCUT2D eigenvalue weighted by atomic mass is 9.83. The first-order valence-electron chi connectivity index (χ1n) is 11.8. The van der Waals surface area contributed by atoms with E-state index in [4.69, 9.17) is 16.3 Å². The molecule has 10 nitrogen and oxygen atoms in total. The highest BCUT2D eigenvalue weighted by atomic mass is 35.5. The van der Waals surface area contributed by atoms with Crippen molar-refractivity contribution in [3.63, 3.8) is 0 Å². The van der Waals surface area contributed by atoms with Crippen LogP contribution in [-0.2, 0) is 19.9 Å². The van der Waals surface area contributed by atoms with Crippen LogP contribution < -0.4 is 16.0 Å². The summed E-state index contributed by atoms with van der Waals surface area (Å²) in [4.78, 5) is 51.2. The smallest absolute Gasteiger partial charge is 0.412 e. The number of methoxy groups -OCH3 is 1. The number of alkyl halides is 1. The number of likely N-dealkylation sites (tertiary alicyclic amines) is 1. The summed E-state index contributed by atoms with van der Waals surface area (Å²) >= 11 is 5.99. The van der Waals surface area contributed by atoms with Crippen LogP contribution in [0.4, 0.5) is 29.7 Å². The molecule has 2 aromatic carbocycles. The quantitative estimate of drug-likeness (QED) is 0.495. The van der Waals surface area contributed by atoms with E-state index in [1.165, 1.54) is 48.4 Å². The Bertz CT molecular complexity index is 1260. The molecule has 1 saturated heterocycles. The van der Waals surface area contributed by atoms with Gasteiger partial charge in [-0.3, -0.25) is 24.6 Å². The summed E-state index contributed by atoms with van der Waals surface area (Å²) in [5.74, 6) is -2.00. The van der Waals surface area contributed by atoms with Gasteiger partial charge in [-0.25, -0.2) is 14.0 Å². The minimum Gasteiger partial charge on any atom is -0.453 e. The molecule has 2 atom stereocenters. The van der Waals surface area contributed by atoms with E-state index in [2.05, 4.69) is 20.7 Å². The zero-order chi connectivity index (χ0) is 27.4. The predicted molar refractivity (Wildman–Crippen MR) is 133 cm³/mol. The predicted octanol–water partition coefficient (Wildman–Crippen LogP) is 4.20. The fourth-order valence-electron chi connectivity index (χ4n) is 4.66. The molecule has 0 aliphatic carbocycles. The topological polar surface area (TPSA) is 126 Å².